The number of carbonyl (C=O) groups is 1. The van der Waals surface area contributed by atoms with E-state index in [1.807, 2.05) is 12.1 Å². The number of amides is 1. The molecule has 1 fully saturated rings. The van der Waals surface area contributed by atoms with Crippen LogP contribution in [0.15, 0.2) is 24.3 Å². The number of primary amides is 1. The summed E-state index contributed by atoms with van der Waals surface area (Å²) in [6.45, 7) is 0. The van der Waals surface area contributed by atoms with Gasteiger partial charge in [0.2, 0.25) is 5.91 Å². The number of benzene rings is 1. The van der Waals surface area contributed by atoms with Crippen molar-refractivity contribution in [1.29, 1.82) is 0 Å². The largest absolute Gasteiger partial charge is 0.382 e. The summed E-state index contributed by atoms with van der Waals surface area (Å²) in [6, 6.07) is 7.99. The predicted octanol–water partition coefficient (Wildman–Crippen LogP) is 1.08. The minimum absolute atomic E-state index is 0.303. The molecule has 2 atom stereocenters. The maximum atomic E-state index is 11.0. The normalized spacial score (nSPS) is 24.3. The van der Waals surface area contributed by atoms with Crippen molar-refractivity contribution in [2.75, 3.05) is 5.32 Å². The molecular formula is C12H17N3O. The predicted molar refractivity (Wildman–Crippen MR) is 64.2 cm³/mol. The number of anilines is 1. The molecule has 86 valence electrons. The first-order valence-corrected chi connectivity index (χ1v) is 5.57. The van der Waals surface area contributed by atoms with Crippen LogP contribution in [-0.4, -0.2) is 18.0 Å². The fourth-order valence-electron chi connectivity index (χ4n) is 2.15. The Bertz CT molecular complexity index is 392. The number of nitrogens with two attached hydrogens (primary N) is 2. The van der Waals surface area contributed by atoms with Gasteiger partial charge in [-0.1, -0.05) is 6.07 Å². The van der Waals surface area contributed by atoms with Gasteiger partial charge in [-0.05, 0) is 37.5 Å². The van der Waals surface area contributed by atoms with Crippen LogP contribution in [0.4, 0.5) is 5.69 Å². The molecule has 0 saturated heterocycles. The molecule has 1 amide bonds. The number of rotatable bonds is 3. The highest BCUT2D eigenvalue weighted by atomic mass is 16.1. The van der Waals surface area contributed by atoms with Crippen molar-refractivity contribution in [2.45, 2.75) is 31.3 Å². The lowest BCUT2D eigenvalue weighted by molar-refractivity contribution is 0.100. The van der Waals surface area contributed by atoms with Crippen molar-refractivity contribution in [3.05, 3.63) is 29.8 Å². The van der Waals surface area contributed by atoms with E-state index in [0.717, 1.165) is 24.9 Å². The van der Waals surface area contributed by atoms with E-state index in [0.29, 0.717) is 17.6 Å². The summed E-state index contributed by atoms with van der Waals surface area (Å²) in [5, 5.41) is 3.38. The minimum atomic E-state index is -0.397. The Kier molecular flexibility index (Phi) is 3.10. The van der Waals surface area contributed by atoms with Gasteiger partial charge in [-0.3, -0.25) is 4.79 Å². The molecule has 1 aromatic carbocycles. The minimum Gasteiger partial charge on any atom is -0.382 e. The summed E-state index contributed by atoms with van der Waals surface area (Å²) >= 11 is 0. The highest BCUT2D eigenvalue weighted by molar-refractivity contribution is 5.93. The smallest absolute Gasteiger partial charge is 0.248 e. The number of hydrogen-bond donors (Lipinski definition) is 3. The molecule has 1 saturated carbocycles. The summed E-state index contributed by atoms with van der Waals surface area (Å²) in [7, 11) is 0. The summed E-state index contributed by atoms with van der Waals surface area (Å²) in [5.74, 6) is -0.397. The number of hydrogen-bond acceptors (Lipinski definition) is 3. The van der Waals surface area contributed by atoms with Gasteiger partial charge < -0.3 is 16.8 Å². The first-order chi connectivity index (χ1) is 7.65. The maximum absolute atomic E-state index is 11.0. The lowest BCUT2D eigenvalue weighted by Gasteiger charge is -2.14. The fraction of sp³-hybridized carbons (Fsp3) is 0.417. The zero-order valence-corrected chi connectivity index (χ0v) is 9.15. The highest BCUT2D eigenvalue weighted by Crippen LogP contribution is 2.22. The van der Waals surface area contributed by atoms with Crippen LogP contribution in [0.1, 0.15) is 29.6 Å². The zero-order chi connectivity index (χ0) is 11.5. The van der Waals surface area contributed by atoms with E-state index in [9.17, 15) is 4.79 Å². The van der Waals surface area contributed by atoms with Crippen LogP contribution in [0.5, 0.6) is 0 Å². The SMILES string of the molecule is NC(=O)c1cccc(NC2CCC(N)C2)c1. The lowest BCUT2D eigenvalue weighted by Crippen LogP contribution is -2.21. The molecule has 1 aliphatic rings. The van der Waals surface area contributed by atoms with Gasteiger partial charge in [0.1, 0.15) is 0 Å². The second-order valence-electron chi connectivity index (χ2n) is 4.36. The topological polar surface area (TPSA) is 81.1 Å². The van der Waals surface area contributed by atoms with E-state index in [2.05, 4.69) is 5.32 Å². The molecule has 0 aromatic heterocycles. The Morgan fingerprint density at radius 2 is 2.19 bits per heavy atom. The standard InChI is InChI=1S/C12H17N3O/c13-9-4-5-11(7-9)15-10-3-1-2-8(6-10)12(14)16/h1-3,6,9,11,15H,4-5,7,13H2,(H2,14,16). The van der Waals surface area contributed by atoms with Gasteiger partial charge in [-0.2, -0.15) is 0 Å². The molecule has 4 heteroatoms. The summed E-state index contributed by atoms with van der Waals surface area (Å²) in [5.41, 5.74) is 12.5. The average Bonchev–Trinajstić information content (AvgIpc) is 2.64. The van der Waals surface area contributed by atoms with Crippen LogP contribution in [0.3, 0.4) is 0 Å². The van der Waals surface area contributed by atoms with Gasteiger partial charge in [-0.25, -0.2) is 0 Å². The van der Waals surface area contributed by atoms with E-state index in [-0.39, 0.29) is 0 Å². The van der Waals surface area contributed by atoms with Crippen molar-refractivity contribution in [1.82, 2.24) is 0 Å². The Labute approximate surface area is 95.0 Å². The first-order valence-electron chi connectivity index (χ1n) is 5.57. The third-order valence-corrected chi connectivity index (χ3v) is 2.99. The molecule has 0 heterocycles. The van der Waals surface area contributed by atoms with Gasteiger partial charge in [0.15, 0.2) is 0 Å². The monoisotopic (exact) mass is 219 g/mol. The molecule has 2 unspecified atom stereocenters. The summed E-state index contributed by atoms with van der Waals surface area (Å²) in [4.78, 5) is 11.0. The van der Waals surface area contributed by atoms with E-state index in [1.54, 1.807) is 12.1 Å². The van der Waals surface area contributed by atoms with E-state index < -0.39 is 5.91 Å². The second-order valence-corrected chi connectivity index (χ2v) is 4.36. The molecule has 1 aliphatic carbocycles. The molecule has 0 bridgehead atoms. The van der Waals surface area contributed by atoms with Crippen LogP contribution >= 0.6 is 0 Å². The molecular weight excluding hydrogens is 202 g/mol. The van der Waals surface area contributed by atoms with Crippen LogP contribution in [0.25, 0.3) is 0 Å². The Balaban J connectivity index is 2.04. The molecule has 4 nitrogen and oxygen atoms in total. The van der Waals surface area contributed by atoms with E-state index >= 15 is 0 Å². The maximum Gasteiger partial charge on any atom is 0.248 e. The van der Waals surface area contributed by atoms with E-state index in [4.69, 9.17) is 11.5 Å². The van der Waals surface area contributed by atoms with Gasteiger partial charge in [0.25, 0.3) is 0 Å². The first kappa shape index (κ1) is 11.0. The molecule has 0 aliphatic heterocycles. The van der Waals surface area contributed by atoms with Gasteiger partial charge in [0, 0.05) is 23.3 Å². The van der Waals surface area contributed by atoms with E-state index in [1.165, 1.54) is 0 Å². The van der Waals surface area contributed by atoms with Crippen LogP contribution < -0.4 is 16.8 Å². The molecule has 0 spiro atoms. The number of nitrogens with one attached hydrogen (secondary N) is 1. The second kappa shape index (κ2) is 4.53. The fourth-order valence-corrected chi connectivity index (χ4v) is 2.15. The molecule has 1 aromatic rings. The van der Waals surface area contributed by atoms with Gasteiger partial charge >= 0.3 is 0 Å². The molecule has 0 radical (unpaired) electrons. The van der Waals surface area contributed by atoms with Gasteiger partial charge in [0.05, 0.1) is 0 Å². The zero-order valence-electron chi connectivity index (χ0n) is 9.15. The van der Waals surface area contributed by atoms with Crippen LogP contribution in [-0.2, 0) is 0 Å². The van der Waals surface area contributed by atoms with Crippen molar-refractivity contribution >= 4 is 11.6 Å². The van der Waals surface area contributed by atoms with Crippen molar-refractivity contribution in [3.8, 4) is 0 Å². The van der Waals surface area contributed by atoms with Crippen molar-refractivity contribution in [2.24, 2.45) is 11.5 Å². The van der Waals surface area contributed by atoms with Crippen molar-refractivity contribution < 1.29 is 4.79 Å². The average molecular weight is 219 g/mol. The van der Waals surface area contributed by atoms with Crippen LogP contribution in [0, 0.1) is 0 Å². The third-order valence-electron chi connectivity index (χ3n) is 2.99. The third kappa shape index (κ3) is 2.52. The number of carbonyl (C=O) groups excluding carboxylic acids is 1. The quantitative estimate of drug-likeness (QED) is 0.711. The highest BCUT2D eigenvalue weighted by Gasteiger charge is 2.21. The van der Waals surface area contributed by atoms with Crippen LogP contribution in [0.2, 0.25) is 0 Å². The molecule has 16 heavy (non-hydrogen) atoms. The van der Waals surface area contributed by atoms with Crippen molar-refractivity contribution in [3.63, 3.8) is 0 Å². The Hall–Kier alpha value is -1.55. The molecule has 2 rings (SSSR count). The molecule has 5 N–H and O–H groups in total. The lowest BCUT2D eigenvalue weighted by atomic mass is 10.1. The summed E-state index contributed by atoms with van der Waals surface area (Å²) in [6.07, 6.45) is 3.13. The Morgan fingerprint density at radius 1 is 1.38 bits per heavy atom. The Morgan fingerprint density at radius 3 is 2.81 bits per heavy atom. The summed E-state index contributed by atoms with van der Waals surface area (Å²) < 4.78 is 0. The van der Waals surface area contributed by atoms with Gasteiger partial charge in [-0.15, -0.1) is 0 Å².